The van der Waals surface area contributed by atoms with Crippen molar-refractivity contribution >= 4 is 12.1 Å². The number of benzene rings is 1. The molecule has 1 atom stereocenters. The van der Waals surface area contributed by atoms with Gasteiger partial charge in [0.1, 0.15) is 17.4 Å². The van der Waals surface area contributed by atoms with Gasteiger partial charge in [-0.2, -0.15) is 0 Å². The summed E-state index contributed by atoms with van der Waals surface area (Å²) in [5.74, 6) is -0.387. The fourth-order valence-corrected chi connectivity index (χ4v) is 1.93. The van der Waals surface area contributed by atoms with Crippen LogP contribution in [0.2, 0.25) is 0 Å². The summed E-state index contributed by atoms with van der Waals surface area (Å²) in [7, 11) is 0. The van der Waals surface area contributed by atoms with Gasteiger partial charge in [0.15, 0.2) is 0 Å². The Morgan fingerprint density at radius 2 is 1.83 bits per heavy atom. The van der Waals surface area contributed by atoms with Crippen molar-refractivity contribution in [3.8, 4) is 5.75 Å². The van der Waals surface area contributed by atoms with Crippen LogP contribution in [0.1, 0.15) is 46.1 Å². The normalized spacial score (nSPS) is 12.3. The molecule has 1 rings (SSSR count). The molecule has 0 fully saturated rings. The number of esters is 1. The number of phenols is 1. The SMILES string of the molecule is CCCCOC(=O)N[C@@H](Cc1ccc(O)cc1)C(=O)OC(C)(C)C. The van der Waals surface area contributed by atoms with Crippen LogP contribution in [0.25, 0.3) is 0 Å². The van der Waals surface area contributed by atoms with Crippen molar-refractivity contribution in [2.45, 2.75) is 58.6 Å². The Balaban J connectivity index is 2.76. The monoisotopic (exact) mass is 337 g/mol. The average Bonchev–Trinajstić information content (AvgIpc) is 2.47. The third kappa shape index (κ3) is 7.85. The zero-order valence-corrected chi connectivity index (χ0v) is 14.8. The molecule has 24 heavy (non-hydrogen) atoms. The van der Waals surface area contributed by atoms with Crippen LogP contribution in [0.3, 0.4) is 0 Å². The molecule has 0 saturated heterocycles. The van der Waals surface area contributed by atoms with Gasteiger partial charge in [-0.15, -0.1) is 0 Å². The Labute approximate surface area is 143 Å². The number of rotatable bonds is 7. The highest BCUT2D eigenvalue weighted by molar-refractivity contribution is 5.82. The highest BCUT2D eigenvalue weighted by atomic mass is 16.6. The number of ether oxygens (including phenoxy) is 2. The van der Waals surface area contributed by atoms with Crippen LogP contribution in [0, 0.1) is 0 Å². The van der Waals surface area contributed by atoms with Gasteiger partial charge in [-0.05, 0) is 44.9 Å². The number of carbonyl (C=O) groups is 2. The third-order valence-corrected chi connectivity index (χ3v) is 3.09. The van der Waals surface area contributed by atoms with Crippen LogP contribution < -0.4 is 5.32 Å². The summed E-state index contributed by atoms with van der Waals surface area (Å²) >= 11 is 0. The Morgan fingerprint density at radius 1 is 1.21 bits per heavy atom. The second-order valence-electron chi connectivity index (χ2n) is 6.59. The Kier molecular flexibility index (Phi) is 7.55. The van der Waals surface area contributed by atoms with Crippen molar-refractivity contribution in [1.29, 1.82) is 0 Å². The molecular formula is C18H27NO5. The number of alkyl carbamates (subject to hydrolysis) is 1. The van der Waals surface area contributed by atoms with Crippen LogP contribution in [-0.2, 0) is 20.7 Å². The first-order valence-corrected chi connectivity index (χ1v) is 8.15. The van der Waals surface area contributed by atoms with Gasteiger partial charge in [-0.3, -0.25) is 0 Å². The van der Waals surface area contributed by atoms with E-state index >= 15 is 0 Å². The highest BCUT2D eigenvalue weighted by Crippen LogP contribution is 2.14. The lowest BCUT2D eigenvalue weighted by atomic mass is 10.1. The number of carbonyl (C=O) groups excluding carboxylic acids is 2. The minimum atomic E-state index is -0.858. The molecule has 1 amide bonds. The maximum atomic E-state index is 12.4. The summed E-state index contributed by atoms with van der Waals surface area (Å²) in [5, 5.41) is 11.9. The second-order valence-corrected chi connectivity index (χ2v) is 6.59. The molecule has 0 spiro atoms. The first-order valence-electron chi connectivity index (χ1n) is 8.15. The smallest absolute Gasteiger partial charge is 0.407 e. The second kappa shape index (κ2) is 9.15. The maximum Gasteiger partial charge on any atom is 0.407 e. The Morgan fingerprint density at radius 3 is 2.38 bits per heavy atom. The van der Waals surface area contributed by atoms with Crippen molar-refractivity contribution in [2.75, 3.05) is 6.61 Å². The fraction of sp³-hybridized carbons (Fsp3) is 0.556. The quantitative estimate of drug-likeness (QED) is 0.590. The largest absolute Gasteiger partial charge is 0.508 e. The molecular weight excluding hydrogens is 310 g/mol. The zero-order chi connectivity index (χ0) is 18.2. The van der Waals surface area contributed by atoms with Gasteiger partial charge >= 0.3 is 12.1 Å². The number of aromatic hydroxyl groups is 1. The van der Waals surface area contributed by atoms with Crippen LogP contribution in [-0.4, -0.2) is 35.4 Å². The summed E-state index contributed by atoms with van der Waals surface area (Å²) in [6.45, 7) is 7.60. The zero-order valence-electron chi connectivity index (χ0n) is 14.8. The van der Waals surface area contributed by atoms with Crippen molar-refractivity contribution in [2.24, 2.45) is 0 Å². The van der Waals surface area contributed by atoms with E-state index in [9.17, 15) is 14.7 Å². The summed E-state index contributed by atoms with van der Waals surface area (Å²) in [5.41, 5.74) is 0.135. The first-order chi connectivity index (χ1) is 11.2. The van der Waals surface area contributed by atoms with E-state index in [4.69, 9.17) is 9.47 Å². The number of hydrogen-bond donors (Lipinski definition) is 2. The van der Waals surface area contributed by atoms with Crippen LogP contribution in [0.4, 0.5) is 4.79 Å². The molecule has 1 aromatic carbocycles. The van der Waals surface area contributed by atoms with Gasteiger partial charge in [-0.25, -0.2) is 9.59 Å². The predicted molar refractivity (Wildman–Crippen MR) is 90.8 cm³/mol. The summed E-state index contributed by atoms with van der Waals surface area (Å²) in [6.07, 6.45) is 1.29. The molecule has 0 aliphatic carbocycles. The molecule has 0 aromatic heterocycles. The number of amides is 1. The molecule has 0 unspecified atom stereocenters. The van der Waals surface area contributed by atoms with Gasteiger partial charge in [0.05, 0.1) is 6.61 Å². The van der Waals surface area contributed by atoms with E-state index in [0.717, 1.165) is 18.4 Å². The lowest BCUT2D eigenvalue weighted by Gasteiger charge is -2.24. The van der Waals surface area contributed by atoms with Gasteiger partial charge in [0, 0.05) is 6.42 Å². The fourth-order valence-electron chi connectivity index (χ4n) is 1.93. The number of phenolic OH excluding ortho intramolecular Hbond substituents is 1. The maximum absolute atomic E-state index is 12.4. The van der Waals surface area contributed by atoms with E-state index < -0.39 is 23.7 Å². The highest BCUT2D eigenvalue weighted by Gasteiger charge is 2.27. The first kappa shape index (κ1) is 19.8. The molecule has 0 aliphatic rings. The summed E-state index contributed by atoms with van der Waals surface area (Å²) in [4.78, 5) is 24.2. The van der Waals surface area contributed by atoms with Gasteiger partial charge in [0.25, 0.3) is 0 Å². The predicted octanol–water partition coefficient (Wildman–Crippen LogP) is 3.17. The molecule has 0 aliphatic heterocycles. The van der Waals surface area contributed by atoms with Gasteiger partial charge < -0.3 is 19.9 Å². The lowest BCUT2D eigenvalue weighted by molar-refractivity contribution is -0.157. The van der Waals surface area contributed by atoms with E-state index in [1.807, 2.05) is 6.92 Å². The Hall–Kier alpha value is -2.24. The van der Waals surface area contributed by atoms with E-state index in [1.54, 1.807) is 32.9 Å². The molecule has 0 bridgehead atoms. The Bertz CT molecular complexity index is 533. The van der Waals surface area contributed by atoms with E-state index in [1.165, 1.54) is 12.1 Å². The average molecular weight is 337 g/mol. The number of unbranched alkanes of at least 4 members (excludes halogenated alkanes) is 1. The lowest BCUT2D eigenvalue weighted by Crippen LogP contribution is -2.45. The van der Waals surface area contributed by atoms with Gasteiger partial charge in [0.2, 0.25) is 0 Å². The van der Waals surface area contributed by atoms with Crippen molar-refractivity contribution in [3.63, 3.8) is 0 Å². The molecule has 0 saturated carbocycles. The topological polar surface area (TPSA) is 84.9 Å². The summed E-state index contributed by atoms with van der Waals surface area (Å²) in [6, 6.07) is 5.58. The van der Waals surface area contributed by atoms with E-state index in [2.05, 4.69) is 5.32 Å². The standard InChI is InChI=1S/C18H27NO5/c1-5-6-11-23-17(22)19-15(16(21)24-18(2,3)4)12-13-7-9-14(20)10-8-13/h7-10,15,20H,5-6,11-12H2,1-4H3,(H,19,22)/t15-/m0/s1. The molecule has 2 N–H and O–H groups in total. The van der Waals surface area contributed by atoms with Crippen LogP contribution in [0.15, 0.2) is 24.3 Å². The van der Waals surface area contributed by atoms with Crippen molar-refractivity contribution < 1.29 is 24.2 Å². The van der Waals surface area contributed by atoms with Crippen LogP contribution in [0.5, 0.6) is 5.75 Å². The molecule has 0 heterocycles. The van der Waals surface area contributed by atoms with Crippen LogP contribution >= 0.6 is 0 Å². The molecule has 6 heteroatoms. The molecule has 134 valence electrons. The minimum absolute atomic E-state index is 0.138. The van der Waals surface area contributed by atoms with Crippen molar-refractivity contribution in [3.05, 3.63) is 29.8 Å². The van der Waals surface area contributed by atoms with E-state index in [0.29, 0.717) is 6.61 Å². The van der Waals surface area contributed by atoms with E-state index in [-0.39, 0.29) is 12.2 Å². The molecule has 1 aromatic rings. The summed E-state index contributed by atoms with van der Waals surface area (Å²) < 4.78 is 10.4. The molecule has 6 nitrogen and oxygen atoms in total. The number of hydrogen-bond acceptors (Lipinski definition) is 5. The van der Waals surface area contributed by atoms with Gasteiger partial charge in [-0.1, -0.05) is 25.5 Å². The minimum Gasteiger partial charge on any atom is -0.508 e. The third-order valence-electron chi connectivity index (χ3n) is 3.09. The number of nitrogens with one attached hydrogen (secondary N) is 1. The molecule has 0 radical (unpaired) electrons. The van der Waals surface area contributed by atoms with Crippen molar-refractivity contribution in [1.82, 2.24) is 5.32 Å².